The number of carboxylic acids is 1. The second-order valence-corrected chi connectivity index (χ2v) is 6.21. The van der Waals surface area contributed by atoms with Gasteiger partial charge in [0.25, 0.3) is 5.82 Å². The number of carboxylic acid groups (broad SMARTS) is 1. The van der Waals surface area contributed by atoms with Crippen molar-refractivity contribution in [2.45, 2.75) is 91.6 Å². The van der Waals surface area contributed by atoms with Gasteiger partial charge in [-0.1, -0.05) is 52.4 Å². The number of aliphatic carboxylic acids is 1. The Bertz CT molecular complexity index is 452. The summed E-state index contributed by atoms with van der Waals surface area (Å²) in [5, 5.41) is 10.9. The fourth-order valence-corrected chi connectivity index (χ4v) is 3.05. The van der Waals surface area contributed by atoms with E-state index in [-0.39, 0.29) is 6.54 Å². The predicted molar refractivity (Wildman–Crippen MR) is 86.4 cm³/mol. The van der Waals surface area contributed by atoms with Crippen LogP contribution in [0.2, 0.25) is 0 Å². The van der Waals surface area contributed by atoms with Gasteiger partial charge >= 0.3 is 0 Å². The molecule has 0 aliphatic carbocycles. The minimum atomic E-state index is -1.01. The Kier molecular flexibility index (Phi) is 8.86. The molecule has 0 spiro atoms. The highest BCUT2D eigenvalue weighted by molar-refractivity contribution is 5.62. The number of carbonyl (C=O) groups excluding carboxylic acids is 1. The van der Waals surface area contributed by atoms with Gasteiger partial charge in [-0.3, -0.25) is 0 Å². The fraction of sp³-hybridized carbons (Fsp3) is 0.778. The van der Waals surface area contributed by atoms with Crippen LogP contribution >= 0.6 is 0 Å². The number of imidazole rings is 1. The van der Waals surface area contributed by atoms with E-state index < -0.39 is 5.97 Å². The van der Waals surface area contributed by atoms with Crippen LogP contribution in [-0.4, -0.2) is 10.5 Å². The highest BCUT2D eigenvalue weighted by Crippen LogP contribution is 2.11. The molecule has 4 heteroatoms. The Labute approximate surface area is 135 Å². The van der Waals surface area contributed by atoms with Crippen molar-refractivity contribution in [3.8, 4) is 0 Å². The molecule has 0 atom stereocenters. The van der Waals surface area contributed by atoms with E-state index in [9.17, 15) is 9.90 Å². The second kappa shape index (κ2) is 10.4. The van der Waals surface area contributed by atoms with Crippen molar-refractivity contribution < 1.29 is 14.5 Å². The zero-order valence-corrected chi connectivity index (χ0v) is 14.6. The van der Waals surface area contributed by atoms with Crippen LogP contribution in [0, 0.1) is 6.92 Å². The molecule has 0 unspecified atom stereocenters. The maximum atomic E-state index is 10.9. The average Bonchev–Trinajstić information content (AvgIpc) is 2.74. The van der Waals surface area contributed by atoms with Crippen molar-refractivity contribution in [1.82, 2.24) is 4.57 Å². The molecule has 0 bridgehead atoms. The van der Waals surface area contributed by atoms with E-state index in [1.165, 1.54) is 38.5 Å². The van der Waals surface area contributed by atoms with Gasteiger partial charge in [0.15, 0.2) is 0 Å². The summed E-state index contributed by atoms with van der Waals surface area (Å²) >= 11 is 0. The molecule has 1 rings (SSSR count). The van der Waals surface area contributed by atoms with Crippen molar-refractivity contribution in [2.24, 2.45) is 0 Å². The number of nitrogens with zero attached hydrogens (tertiary/aromatic N) is 2. The lowest BCUT2D eigenvalue weighted by Crippen LogP contribution is -2.45. The maximum Gasteiger partial charge on any atom is 0.256 e. The van der Waals surface area contributed by atoms with Gasteiger partial charge in [-0.25, -0.2) is 9.13 Å². The first-order valence-corrected chi connectivity index (χ1v) is 8.88. The van der Waals surface area contributed by atoms with Crippen LogP contribution in [0.25, 0.3) is 0 Å². The number of hydrogen-bond donors (Lipinski definition) is 0. The molecule has 0 aromatic carbocycles. The molecule has 0 N–H and O–H groups in total. The van der Waals surface area contributed by atoms with E-state index in [4.69, 9.17) is 0 Å². The zero-order chi connectivity index (χ0) is 16.4. The molecule has 0 saturated carbocycles. The molecular formula is C18H32N2O2. The lowest BCUT2D eigenvalue weighted by Gasteiger charge is -2.06. The van der Waals surface area contributed by atoms with Crippen molar-refractivity contribution >= 4 is 5.97 Å². The van der Waals surface area contributed by atoms with Crippen LogP contribution in [0.4, 0.5) is 0 Å². The molecule has 4 nitrogen and oxygen atoms in total. The number of aromatic nitrogens is 2. The number of carbonyl (C=O) groups is 1. The van der Waals surface area contributed by atoms with Crippen LogP contribution in [0.1, 0.15) is 76.7 Å². The molecule has 0 fully saturated rings. The van der Waals surface area contributed by atoms with Crippen LogP contribution in [0.15, 0.2) is 6.20 Å². The summed E-state index contributed by atoms with van der Waals surface area (Å²) in [4.78, 5) is 10.9. The predicted octanol–water partition coefficient (Wildman–Crippen LogP) is 2.54. The van der Waals surface area contributed by atoms with Gasteiger partial charge in [0, 0.05) is 13.3 Å². The summed E-state index contributed by atoms with van der Waals surface area (Å²) in [6.45, 7) is 7.36. The summed E-state index contributed by atoms with van der Waals surface area (Å²) in [5.41, 5.74) is 1.14. The van der Waals surface area contributed by atoms with Crippen molar-refractivity contribution in [3.63, 3.8) is 0 Å². The number of rotatable bonds is 12. The van der Waals surface area contributed by atoms with Crippen LogP contribution in [0.5, 0.6) is 0 Å². The van der Waals surface area contributed by atoms with Crippen molar-refractivity contribution in [1.29, 1.82) is 0 Å². The number of aryl methyl sites for hydroxylation is 1. The topological polar surface area (TPSA) is 48.9 Å². The Morgan fingerprint density at radius 3 is 2.32 bits per heavy atom. The number of unbranched alkanes of at least 4 members (excludes halogenated alkanes) is 6. The molecule has 0 radical (unpaired) electrons. The van der Waals surface area contributed by atoms with E-state index in [0.717, 1.165) is 37.3 Å². The highest BCUT2D eigenvalue weighted by Gasteiger charge is 2.19. The standard InChI is InChI=1S/C18H32N2O2/c1-4-6-7-8-9-10-11-12-17-19(15-18(21)22)14-16(3)20(17)13-5-2/h14H,4-13,15H2,1-3H3. The van der Waals surface area contributed by atoms with Gasteiger partial charge < -0.3 is 9.90 Å². The van der Waals surface area contributed by atoms with Gasteiger partial charge in [0.05, 0.1) is 12.5 Å². The summed E-state index contributed by atoms with van der Waals surface area (Å²) in [7, 11) is 0. The van der Waals surface area contributed by atoms with E-state index in [2.05, 4.69) is 25.3 Å². The summed E-state index contributed by atoms with van der Waals surface area (Å²) in [5.74, 6) is 0.122. The van der Waals surface area contributed by atoms with E-state index in [1.54, 1.807) is 0 Å². The molecule has 0 aliphatic heterocycles. The average molecular weight is 308 g/mol. The van der Waals surface area contributed by atoms with Crippen molar-refractivity contribution in [2.75, 3.05) is 0 Å². The minimum Gasteiger partial charge on any atom is -0.546 e. The third-order valence-corrected chi connectivity index (χ3v) is 4.16. The van der Waals surface area contributed by atoms with Gasteiger partial charge in [-0.05, 0) is 12.8 Å². The first-order chi connectivity index (χ1) is 10.6. The lowest BCUT2D eigenvalue weighted by molar-refractivity contribution is -0.697. The minimum absolute atomic E-state index is 0.0383. The Morgan fingerprint density at radius 2 is 1.73 bits per heavy atom. The molecule has 22 heavy (non-hydrogen) atoms. The first kappa shape index (κ1) is 18.7. The molecule has 1 heterocycles. The molecule has 1 aromatic rings. The van der Waals surface area contributed by atoms with Gasteiger partial charge in [-0.15, -0.1) is 0 Å². The SMILES string of the molecule is CCCCCCCCCc1n(CCC)c(C)c[n+]1CC(=O)[O-]. The normalized spacial score (nSPS) is 11.0. The largest absolute Gasteiger partial charge is 0.546 e. The third kappa shape index (κ3) is 6.20. The van der Waals surface area contributed by atoms with Crippen LogP contribution in [-0.2, 0) is 24.3 Å². The Hall–Kier alpha value is -1.32. The molecule has 126 valence electrons. The van der Waals surface area contributed by atoms with E-state index in [0.29, 0.717) is 0 Å². The molecule has 0 saturated heterocycles. The van der Waals surface area contributed by atoms with E-state index in [1.807, 2.05) is 10.8 Å². The lowest BCUT2D eigenvalue weighted by atomic mass is 10.1. The summed E-state index contributed by atoms with van der Waals surface area (Å²) < 4.78 is 4.12. The fourth-order valence-electron chi connectivity index (χ4n) is 3.05. The van der Waals surface area contributed by atoms with Crippen molar-refractivity contribution in [3.05, 3.63) is 17.7 Å². The van der Waals surface area contributed by atoms with E-state index >= 15 is 0 Å². The van der Waals surface area contributed by atoms with Gasteiger partial charge in [0.2, 0.25) is 0 Å². The molecular weight excluding hydrogens is 276 g/mol. The summed E-state index contributed by atoms with van der Waals surface area (Å²) in [6.07, 6.45) is 12.9. The first-order valence-electron chi connectivity index (χ1n) is 8.88. The van der Waals surface area contributed by atoms with Crippen LogP contribution < -0.4 is 9.67 Å². The monoisotopic (exact) mass is 308 g/mol. The van der Waals surface area contributed by atoms with Gasteiger partial charge in [-0.2, -0.15) is 0 Å². The Balaban J connectivity index is 2.56. The smallest absolute Gasteiger partial charge is 0.256 e. The molecule has 1 aromatic heterocycles. The highest BCUT2D eigenvalue weighted by atomic mass is 16.4. The van der Waals surface area contributed by atoms with Crippen LogP contribution in [0.3, 0.4) is 0 Å². The van der Waals surface area contributed by atoms with Gasteiger partial charge in [0.1, 0.15) is 18.4 Å². The molecule has 0 aliphatic rings. The zero-order valence-electron chi connectivity index (χ0n) is 14.6. The summed E-state index contributed by atoms with van der Waals surface area (Å²) in [6, 6.07) is 0. The molecule has 0 amide bonds. The maximum absolute atomic E-state index is 10.9. The Morgan fingerprint density at radius 1 is 1.09 bits per heavy atom. The second-order valence-electron chi connectivity index (χ2n) is 6.21. The third-order valence-electron chi connectivity index (χ3n) is 4.16. The number of hydrogen-bond acceptors (Lipinski definition) is 2. The quantitative estimate of drug-likeness (QED) is 0.440.